The summed E-state index contributed by atoms with van der Waals surface area (Å²) in [6, 6.07) is 10.8. The fourth-order valence-electron chi connectivity index (χ4n) is 2.46. The highest BCUT2D eigenvalue weighted by Crippen LogP contribution is 2.26. The Morgan fingerprint density at radius 2 is 1.96 bits per heavy atom. The zero-order chi connectivity index (χ0) is 17.8. The monoisotopic (exact) mass is 341 g/mol. The number of amides is 2. The van der Waals surface area contributed by atoms with Crippen molar-refractivity contribution in [1.82, 2.24) is 0 Å². The second kappa shape index (κ2) is 7.00. The third-order valence-corrected chi connectivity index (χ3v) is 3.70. The number of anilines is 2. The van der Waals surface area contributed by atoms with Crippen LogP contribution in [0.5, 0.6) is 5.75 Å². The number of rotatable bonds is 5. The molecule has 2 N–H and O–H groups in total. The molecule has 25 heavy (non-hydrogen) atoms. The summed E-state index contributed by atoms with van der Waals surface area (Å²) in [5, 5.41) is 16.0. The number of carbonyl (C=O) groups is 2. The third kappa shape index (κ3) is 4.11. The van der Waals surface area contributed by atoms with E-state index in [1.807, 2.05) is 0 Å². The third-order valence-electron chi connectivity index (χ3n) is 3.70. The summed E-state index contributed by atoms with van der Waals surface area (Å²) in [6.45, 7) is -0.192. The van der Waals surface area contributed by atoms with Crippen molar-refractivity contribution in [3.63, 3.8) is 0 Å². The van der Waals surface area contributed by atoms with Crippen molar-refractivity contribution in [2.45, 2.75) is 12.8 Å². The largest absolute Gasteiger partial charge is 0.484 e. The summed E-state index contributed by atoms with van der Waals surface area (Å²) in [5.41, 5.74) is 2.13. The minimum Gasteiger partial charge on any atom is -0.484 e. The van der Waals surface area contributed by atoms with E-state index in [0.29, 0.717) is 24.3 Å². The maximum absolute atomic E-state index is 11.9. The molecule has 8 heteroatoms. The van der Waals surface area contributed by atoms with Gasteiger partial charge in [-0.1, -0.05) is 0 Å². The van der Waals surface area contributed by atoms with Gasteiger partial charge in [0, 0.05) is 29.9 Å². The molecule has 0 fully saturated rings. The molecule has 2 aromatic rings. The zero-order valence-electron chi connectivity index (χ0n) is 13.2. The van der Waals surface area contributed by atoms with Crippen LogP contribution in [0.15, 0.2) is 42.5 Å². The predicted octanol–water partition coefficient (Wildman–Crippen LogP) is 2.50. The Kier molecular flexibility index (Phi) is 4.60. The number of ether oxygens (including phenoxy) is 1. The van der Waals surface area contributed by atoms with E-state index in [0.717, 1.165) is 11.3 Å². The standard InChI is InChI=1S/C17H15N3O5/c21-16-8-1-11-9-14(6-7-15(11)19-16)25-10-17(22)18-12-2-4-13(5-3-12)20(23)24/h2-7,9H,1,8,10H2,(H,18,22)(H,19,21). The van der Waals surface area contributed by atoms with E-state index in [-0.39, 0.29) is 24.1 Å². The van der Waals surface area contributed by atoms with Gasteiger partial charge in [0.2, 0.25) is 5.91 Å². The molecule has 0 unspecified atom stereocenters. The number of fused-ring (bicyclic) bond motifs is 1. The minimum atomic E-state index is -0.507. The van der Waals surface area contributed by atoms with Gasteiger partial charge in [0.15, 0.2) is 6.61 Å². The minimum absolute atomic E-state index is 0.0105. The molecule has 0 saturated heterocycles. The predicted molar refractivity (Wildman–Crippen MR) is 90.6 cm³/mol. The average Bonchev–Trinajstić information content (AvgIpc) is 2.60. The molecule has 0 bridgehead atoms. The van der Waals surface area contributed by atoms with E-state index >= 15 is 0 Å². The highest BCUT2D eigenvalue weighted by molar-refractivity contribution is 5.94. The molecule has 2 amide bonds. The van der Waals surface area contributed by atoms with E-state index in [1.165, 1.54) is 24.3 Å². The molecule has 0 saturated carbocycles. The van der Waals surface area contributed by atoms with Crippen LogP contribution in [0.3, 0.4) is 0 Å². The van der Waals surface area contributed by atoms with E-state index in [4.69, 9.17) is 4.74 Å². The fourth-order valence-corrected chi connectivity index (χ4v) is 2.46. The Hall–Kier alpha value is -3.42. The van der Waals surface area contributed by atoms with Gasteiger partial charge in [0.1, 0.15) is 5.75 Å². The van der Waals surface area contributed by atoms with Crippen LogP contribution in [0.25, 0.3) is 0 Å². The molecule has 3 rings (SSSR count). The van der Waals surface area contributed by atoms with Crippen LogP contribution in [-0.2, 0) is 16.0 Å². The Morgan fingerprint density at radius 3 is 2.68 bits per heavy atom. The van der Waals surface area contributed by atoms with Crippen molar-refractivity contribution in [1.29, 1.82) is 0 Å². The van der Waals surface area contributed by atoms with Gasteiger partial charge in [-0.25, -0.2) is 0 Å². The number of nitro groups is 1. The Morgan fingerprint density at radius 1 is 1.20 bits per heavy atom. The van der Waals surface area contributed by atoms with Crippen molar-refractivity contribution in [3.05, 3.63) is 58.1 Å². The second-order valence-electron chi connectivity index (χ2n) is 5.51. The smallest absolute Gasteiger partial charge is 0.269 e. The first-order chi connectivity index (χ1) is 12.0. The Balaban J connectivity index is 1.55. The number of benzene rings is 2. The molecular weight excluding hydrogens is 326 g/mol. The van der Waals surface area contributed by atoms with E-state index in [9.17, 15) is 19.7 Å². The number of non-ortho nitro benzene ring substituents is 1. The van der Waals surface area contributed by atoms with Gasteiger partial charge in [-0.05, 0) is 42.3 Å². The first-order valence-corrected chi connectivity index (χ1v) is 7.61. The highest BCUT2D eigenvalue weighted by Gasteiger charge is 2.15. The summed E-state index contributed by atoms with van der Waals surface area (Å²) in [4.78, 5) is 33.3. The summed E-state index contributed by atoms with van der Waals surface area (Å²) in [5.74, 6) is 0.150. The summed E-state index contributed by atoms with van der Waals surface area (Å²) in [7, 11) is 0. The van der Waals surface area contributed by atoms with Crippen LogP contribution in [-0.4, -0.2) is 23.3 Å². The van der Waals surface area contributed by atoms with Crippen LogP contribution in [0, 0.1) is 10.1 Å². The van der Waals surface area contributed by atoms with Crippen LogP contribution in [0.2, 0.25) is 0 Å². The van der Waals surface area contributed by atoms with Gasteiger partial charge in [0.05, 0.1) is 4.92 Å². The molecule has 0 aliphatic carbocycles. The average molecular weight is 341 g/mol. The van der Waals surface area contributed by atoms with Crippen molar-refractivity contribution in [2.75, 3.05) is 17.2 Å². The SMILES string of the molecule is O=C(COc1ccc2c(c1)CCC(=O)N2)Nc1ccc([N+](=O)[O-])cc1. The van der Waals surface area contributed by atoms with Crippen molar-refractivity contribution in [3.8, 4) is 5.75 Å². The quantitative estimate of drug-likeness (QED) is 0.641. The lowest BCUT2D eigenvalue weighted by Crippen LogP contribution is -2.21. The molecular formula is C17H15N3O5. The molecule has 8 nitrogen and oxygen atoms in total. The second-order valence-corrected chi connectivity index (χ2v) is 5.51. The van der Waals surface area contributed by atoms with Crippen LogP contribution in [0.1, 0.15) is 12.0 Å². The lowest BCUT2D eigenvalue weighted by atomic mass is 10.0. The first kappa shape index (κ1) is 16.4. The number of nitrogens with one attached hydrogen (secondary N) is 2. The van der Waals surface area contributed by atoms with Gasteiger partial charge in [-0.2, -0.15) is 0 Å². The molecule has 0 atom stereocenters. The van der Waals surface area contributed by atoms with Gasteiger partial charge in [-0.3, -0.25) is 19.7 Å². The highest BCUT2D eigenvalue weighted by atomic mass is 16.6. The summed E-state index contributed by atoms with van der Waals surface area (Å²) < 4.78 is 5.46. The van der Waals surface area contributed by atoms with Crippen molar-refractivity contribution >= 4 is 28.9 Å². The normalized spacial score (nSPS) is 12.7. The molecule has 128 valence electrons. The van der Waals surface area contributed by atoms with Crippen LogP contribution >= 0.6 is 0 Å². The van der Waals surface area contributed by atoms with Crippen LogP contribution < -0.4 is 15.4 Å². The number of hydrogen-bond donors (Lipinski definition) is 2. The number of aryl methyl sites for hydroxylation is 1. The maximum Gasteiger partial charge on any atom is 0.269 e. The Labute approximate surface area is 142 Å². The molecule has 0 spiro atoms. The number of hydrogen-bond acceptors (Lipinski definition) is 5. The zero-order valence-corrected chi connectivity index (χ0v) is 13.2. The molecule has 0 aromatic heterocycles. The van der Waals surface area contributed by atoms with E-state index < -0.39 is 4.92 Å². The van der Waals surface area contributed by atoms with Gasteiger partial charge < -0.3 is 15.4 Å². The van der Waals surface area contributed by atoms with E-state index in [2.05, 4.69) is 10.6 Å². The van der Waals surface area contributed by atoms with Crippen LogP contribution in [0.4, 0.5) is 17.1 Å². The number of nitro benzene ring substituents is 1. The van der Waals surface area contributed by atoms with Crippen molar-refractivity contribution < 1.29 is 19.2 Å². The number of carbonyl (C=O) groups excluding carboxylic acids is 2. The van der Waals surface area contributed by atoms with Gasteiger partial charge in [0.25, 0.3) is 11.6 Å². The molecule has 1 aliphatic heterocycles. The maximum atomic E-state index is 11.9. The fraction of sp³-hybridized carbons (Fsp3) is 0.176. The molecule has 1 aliphatic rings. The molecule has 0 radical (unpaired) electrons. The molecule has 2 aromatic carbocycles. The lowest BCUT2D eigenvalue weighted by Gasteiger charge is -2.17. The topological polar surface area (TPSA) is 111 Å². The lowest BCUT2D eigenvalue weighted by molar-refractivity contribution is -0.384. The Bertz CT molecular complexity index is 833. The summed E-state index contributed by atoms with van der Waals surface area (Å²) >= 11 is 0. The number of nitrogens with zero attached hydrogens (tertiary/aromatic N) is 1. The molecule has 1 heterocycles. The van der Waals surface area contributed by atoms with Gasteiger partial charge in [-0.15, -0.1) is 0 Å². The van der Waals surface area contributed by atoms with Gasteiger partial charge >= 0.3 is 0 Å². The van der Waals surface area contributed by atoms with E-state index in [1.54, 1.807) is 18.2 Å². The first-order valence-electron chi connectivity index (χ1n) is 7.61. The summed E-state index contributed by atoms with van der Waals surface area (Å²) in [6.07, 6.45) is 1.06. The van der Waals surface area contributed by atoms with Crippen molar-refractivity contribution in [2.24, 2.45) is 0 Å².